The largest absolute Gasteiger partial charge is 0.459 e. The Morgan fingerprint density at radius 3 is 1.94 bits per heavy atom. The van der Waals surface area contributed by atoms with Crippen LogP contribution in [0.4, 0.5) is 0 Å². The molecule has 1 heterocycles. The molecule has 0 aliphatic carbocycles. The van der Waals surface area contributed by atoms with Crippen LogP contribution in [0.1, 0.15) is 28.2 Å². The second-order valence-electron chi connectivity index (χ2n) is 11.2. The number of halogens is 1. The zero-order chi connectivity index (χ0) is 34.9. The second-order valence-corrected chi connectivity index (χ2v) is 15.5. The predicted molar refractivity (Wildman–Crippen MR) is 189 cm³/mol. The molecular formula is C36H35ClN4O6S2. The SMILES string of the molecule is Cc1ccc(S(=O)(=O)N(CCc2ccccc2)CC(=O)N/N=C\c2ccc(CN(Cc3ccccc3)S(=O)(=O)c3ccc(Cl)cc3)o2)cc1. The van der Waals surface area contributed by atoms with Gasteiger partial charge in [-0.05, 0) is 73.0 Å². The molecule has 0 unspecified atom stereocenters. The van der Waals surface area contributed by atoms with Gasteiger partial charge in [0.1, 0.15) is 11.5 Å². The van der Waals surface area contributed by atoms with Crippen molar-refractivity contribution in [1.29, 1.82) is 0 Å². The molecule has 0 aliphatic rings. The van der Waals surface area contributed by atoms with E-state index in [4.69, 9.17) is 16.0 Å². The van der Waals surface area contributed by atoms with Crippen LogP contribution in [0.3, 0.4) is 0 Å². The van der Waals surface area contributed by atoms with Gasteiger partial charge in [-0.3, -0.25) is 4.79 Å². The third-order valence-corrected chi connectivity index (χ3v) is 11.4. The number of hydrogen-bond acceptors (Lipinski definition) is 7. The summed E-state index contributed by atoms with van der Waals surface area (Å²) in [5, 5.41) is 4.38. The Morgan fingerprint density at radius 1 is 0.735 bits per heavy atom. The van der Waals surface area contributed by atoms with Gasteiger partial charge in [0, 0.05) is 18.1 Å². The van der Waals surface area contributed by atoms with Crippen molar-refractivity contribution >= 4 is 43.8 Å². The van der Waals surface area contributed by atoms with E-state index in [9.17, 15) is 21.6 Å². The average Bonchev–Trinajstić information content (AvgIpc) is 3.54. The highest BCUT2D eigenvalue weighted by Gasteiger charge is 2.27. The summed E-state index contributed by atoms with van der Waals surface area (Å²) in [5.41, 5.74) is 5.01. The third kappa shape index (κ3) is 9.74. The van der Waals surface area contributed by atoms with Gasteiger partial charge in [-0.1, -0.05) is 90.0 Å². The molecular weight excluding hydrogens is 684 g/mol. The standard InChI is InChI=1S/C36H35ClN4O6S2/c1-28-12-18-34(19-13-28)48(43,44)40(23-22-29-8-4-2-5-9-29)27-36(42)39-38-24-32-16-17-33(47-32)26-41(25-30-10-6-3-7-11-30)49(45,46)35-20-14-31(37)15-21-35/h2-21,24H,22-23,25-27H2,1H3,(H,39,42)/b38-24-. The zero-order valence-corrected chi connectivity index (χ0v) is 29.0. The fourth-order valence-corrected chi connectivity index (χ4v) is 7.81. The first-order chi connectivity index (χ1) is 23.5. The smallest absolute Gasteiger partial charge is 0.255 e. The number of benzene rings is 4. The van der Waals surface area contributed by atoms with Gasteiger partial charge < -0.3 is 4.42 Å². The van der Waals surface area contributed by atoms with Crippen molar-refractivity contribution in [1.82, 2.24) is 14.0 Å². The van der Waals surface area contributed by atoms with Crippen LogP contribution in [-0.4, -0.2) is 50.7 Å². The lowest BCUT2D eigenvalue weighted by molar-refractivity contribution is -0.121. The van der Waals surface area contributed by atoms with E-state index >= 15 is 0 Å². The van der Waals surface area contributed by atoms with Crippen molar-refractivity contribution in [2.24, 2.45) is 5.10 Å². The first kappa shape index (κ1) is 35.7. The van der Waals surface area contributed by atoms with E-state index in [1.807, 2.05) is 67.6 Å². The van der Waals surface area contributed by atoms with E-state index in [1.165, 1.54) is 46.9 Å². The van der Waals surface area contributed by atoms with Crippen LogP contribution in [0.5, 0.6) is 0 Å². The number of hydrogen-bond donors (Lipinski definition) is 1. The molecule has 0 aliphatic heterocycles. The number of sulfonamides is 2. The highest BCUT2D eigenvalue weighted by molar-refractivity contribution is 7.89. The second kappa shape index (κ2) is 16.2. The summed E-state index contributed by atoms with van der Waals surface area (Å²) in [4.78, 5) is 13.1. The molecule has 5 rings (SSSR count). The lowest BCUT2D eigenvalue weighted by Crippen LogP contribution is -2.40. The Bertz CT molecular complexity index is 2090. The van der Waals surface area contributed by atoms with Crippen LogP contribution in [0.2, 0.25) is 5.02 Å². The monoisotopic (exact) mass is 718 g/mol. The minimum absolute atomic E-state index is 0.0761. The Kier molecular flexibility index (Phi) is 11.8. The van der Waals surface area contributed by atoms with Gasteiger partial charge in [0.25, 0.3) is 5.91 Å². The molecule has 49 heavy (non-hydrogen) atoms. The quantitative estimate of drug-likeness (QED) is 0.104. The summed E-state index contributed by atoms with van der Waals surface area (Å²) in [5.74, 6) is -0.0422. The summed E-state index contributed by atoms with van der Waals surface area (Å²) >= 11 is 5.99. The van der Waals surface area contributed by atoms with Crippen molar-refractivity contribution in [2.45, 2.75) is 36.2 Å². The molecule has 13 heteroatoms. The van der Waals surface area contributed by atoms with Crippen LogP contribution in [0.15, 0.2) is 141 Å². The van der Waals surface area contributed by atoms with E-state index in [1.54, 1.807) is 24.3 Å². The van der Waals surface area contributed by atoms with Gasteiger partial charge in [0.05, 0.1) is 29.1 Å². The number of amides is 1. The summed E-state index contributed by atoms with van der Waals surface area (Å²) in [6.07, 6.45) is 1.67. The van der Waals surface area contributed by atoms with Crippen molar-refractivity contribution in [3.05, 3.63) is 155 Å². The van der Waals surface area contributed by atoms with E-state index in [-0.39, 0.29) is 35.2 Å². The maximum Gasteiger partial charge on any atom is 0.255 e. The molecule has 1 N–H and O–H groups in total. The number of furan rings is 1. The van der Waals surface area contributed by atoms with Crippen molar-refractivity contribution in [3.63, 3.8) is 0 Å². The molecule has 254 valence electrons. The van der Waals surface area contributed by atoms with Crippen LogP contribution in [0, 0.1) is 6.92 Å². The molecule has 0 saturated heterocycles. The summed E-state index contributed by atoms with van der Waals surface area (Å²) in [6, 6.07) is 34.2. The Labute approximate surface area is 291 Å². The lowest BCUT2D eigenvalue weighted by Gasteiger charge is -2.21. The minimum atomic E-state index is -3.98. The number of nitrogens with one attached hydrogen (secondary N) is 1. The number of hydrazone groups is 1. The number of rotatable bonds is 15. The first-order valence-electron chi connectivity index (χ1n) is 15.3. The minimum Gasteiger partial charge on any atom is -0.459 e. The summed E-state index contributed by atoms with van der Waals surface area (Å²) < 4.78 is 62.5. The fraction of sp³-hybridized carbons (Fsp3) is 0.167. The Hall–Kier alpha value is -4.59. The molecule has 0 fully saturated rings. The number of aryl methyl sites for hydroxylation is 1. The number of carbonyl (C=O) groups excluding carboxylic acids is 1. The van der Waals surface area contributed by atoms with Gasteiger partial charge in [-0.2, -0.15) is 13.7 Å². The fourth-order valence-electron chi connectivity index (χ4n) is 4.90. The molecule has 0 radical (unpaired) electrons. The maximum absolute atomic E-state index is 13.6. The molecule has 0 atom stereocenters. The van der Waals surface area contributed by atoms with Crippen molar-refractivity contribution in [3.8, 4) is 0 Å². The highest BCUT2D eigenvalue weighted by atomic mass is 35.5. The lowest BCUT2D eigenvalue weighted by atomic mass is 10.1. The van der Waals surface area contributed by atoms with Crippen LogP contribution in [0.25, 0.3) is 0 Å². The molecule has 0 spiro atoms. The van der Waals surface area contributed by atoms with Gasteiger partial charge in [-0.15, -0.1) is 0 Å². The molecule has 5 aromatic rings. The van der Waals surface area contributed by atoms with Crippen LogP contribution < -0.4 is 5.43 Å². The Balaban J connectivity index is 1.26. The van der Waals surface area contributed by atoms with Crippen molar-refractivity contribution < 1.29 is 26.0 Å². The van der Waals surface area contributed by atoms with Crippen LogP contribution in [-0.2, 0) is 44.4 Å². The molecule has 4 aromatic carbocycles. The predicted octanol–water partition coefficient (Wildman–Crippen LogP) is 6.02. The van der Waals surface area contributed by atoms with Gasteiger partial charge in [-0.25, -0.2) is 22.3 Å². The topological polar surface area (TPSA) is 129 Å². The van der Waals surface area contributed by atoms with E-state index in [2.05, 4.69) is 10.5 Å². The highest BCUT2D eigenvalue weighted by Crippen LogP contribution is 2.24. The summed E-state index contributed by atoms with van der Waals surface area (Å²) in [7, 11) is -7.92. The average molecular weight is 719 g/mol. The van der Waals surface area contributed by atoms with E-state index in [0.29, 0.717) is 17.2 Å². The number of nitrogens with zero attached hydrogens (tertiary/aromatic N) is 3. The van der Waals surface area contributed by atoms with Crippen molar-refractivity contribution in [2.75, 3.05) is 13.1 Å². The van der Waals surface area contributed by atoms with Gasteiger partial charge in [0.2, 0.25) is 20.0 Å². The molecule has 1 aromatic heterocycles. The third-order valence-electron chi connectivity index (χ3n) is 7.52. The summed E-state index contributed by atoms with van der Waals surface area (Å²) in [6.45, 7) is 1.50. The van der Waals surface area contributed by atoms with E-state index in [0.717, 1.165) is 21.0 Å². The molecule has 0 saturated carbocycles. The maximum atomic E-state index is 13.6. The number of carbonyl (C=O) groups is 1. The first-order valence-corrected chi connectivity index (χ1v) is 18.6. The van der Waals surface area contributed by atoms with E-state index < -0.39 is 32.5 Å². The van der Waals surface area contributed by atoms with Gasteiger partial charge in [0.15, 0.2) is 0 Å². The van der Waals surface area contributed by atoms with Gasteiger partial charge >= 0.3 is 0 Å². The van der Waals surface area contributed by atoms with Crippen LogP contribution >= 0.6 is 11.6 Å². The molecule has 0 bridgehead atoms. The molecule has 1 amide bonds. The normalized spacial score (nSPS) is 12.2. The molecule has 10 nitrogen and oxygen atoms in total. The Morgan fingerprint density at radius 2 is 1.31 bits per heavy atom. The zero-order valence-electron chi connectivity index (χ0n) is 26.6.